The van der Waals surface area contributed by atoms with Crippen LogP contribution in [0.4, 0.5) is 18.0 Å². The zero-order valence-electron chi connectivity index (χ0n) is 16.1. The summed E-state index contributed by atoms with van der Waals surface area (Å²) >= 11 is 0. The molecule has 1 fully saturated rings. The third kappa shape index (κ3) is 6.94. The van der Waals surface area contributed by atoms with Crippen molar-refractivity contribution < 1.29 is 32.2 Å². The minimum atomic E-state index is -4.41. The lowest BCUT2D eigenvalue weighted by Crippen LogP contribution is -2.48. The molecular weight excluding hydrogens is 377 g/mol. The fraction of sp³-hybridized carbons (Fsp3) is 0.579. The van der Waals surface area contributed by atoms with E-state index in [1.54, 1.807) is 25.7 Å². The minimum absolute atomic E-state index is 0.0743. The molecule has 0 aliphatic carbocycles. The second-order valence-electron chi connectivity index (χ2n) is 7.61. The Hall–Kier alpha value is -2.45. The molecule has 1 heterocycles. The van der Waals surface area contributed by atoms with E-state index in [0.717, 1.165) is 12.1 Å². The maximum Gasteiger partial charge on any atom is 0.416 e. The summed E-state index contributed by atoms with van der Waals surface area (Å²) in [6.07, 6.45) is -3.72. The van der Waals surface area contributed by atoms with E-state index in [4.69, 9.17) is 9.47 Å². The van der Waals surface area contributed by atoms with Crippen LogP contribution in [-0.2, 0) is 15.7 Å². The predicted molar refractivity (Wildman–Crippen MR) is 95.9 cm³/mol. The SMILES string of the molecule is CC(C)(C)OC(=O)NC1CCN(C(=O)COc2ccc(C(F)(F)F)cc2)CC1. The quantitative estimate of drug-likeness (QED) is 0.836. The number of hydrogen-bond donors (Lipinski definition) is 1. The van der Waals surface area contributed by atoms with Crippen LogP contribution in [0.5, 0.6) is 5.75 Å². The van der Waals surface area contributed by atoms with Gasteiger partial charge in [0.15, 0.2) is 6.61 Å². The molecule has 1 aliphatic rings. The summed E-state index contributed by atoms with van der Waals surface area (Å²) in [5.41, 5.74) is -1.35. The number of nitrogens with zero attached hydrogens (tertiary/aromatic N) is 1. The monoisotopic (exact) mass is 402 g/mol. The second-order valence-corrected chi connectivity index (χ2v) is 7.61. The molecule has 2 amide bonds. The number of rotatable bonds is 4. The van der Waals surface area contributed by atoms with Gasteiger partial charge in [-0.05, 0) is 57.9 Å². The Morgan fingerprint density at radius 3 is 2.18 bits per heavy atom. The summed E-state index contributed by atoms with van der Waals surface area (Å²) in [4.78, 5) is 25.6. The number of benzene rings is 1. The normalized spacial score (nSPS) is 15.9. The summed E-state index contributed by atoms with van der Waals surface area (Å²) in [5.74, 6) is -0.0570. The number of ether oxygens (including phenoxy) is 2. The second kappa shape index (κ2) is 8.70. The smallest absolute Gasteiger partial charge is 0.416 e. The molecule has 28 heavy (non-hydrogen) atoms. The van der Waals surface area contributed by atoms with Gasteiger partial charge in [0.25, 0.3) is 5.91 Å². The number of alkyl halides is 3. The van der Waals surface area contributed by atoms with E-state index in [9.17, 15) is 22.8 Å². The van der Waals surface area contributed by atoms with Gasteiger partial charge < -0.3 is 19.7 Å². The van der Waals surface area contributed by atoms with E-state index in [2.05, 4.69) is 5.32 Å². The largest absolute Gasteiger partial charge is 0.484 e. The van der Waals surface area contributed by atoms with Gasteiger partial charge >= 0.3 is 12.3 Å². The van der Waals surface area contributed by atoms with Crippen molar-refractivity contribution in [2.45, 2.75) is 51.4 Å². The van der Waals surface area contributed by atoms with Crippen molar-refractivity contribution in [2.24, 2.45) is 0 Å². The van der Waals surface area contributed by atoms with Crippen molar-refractivity contribution in [2.75, 3.05) is 19.7 Å². The van der Waals surface area contributed by atoms with E-state index >= 15 is 0 Å². The lowest BCUT2D eigenvalue weighted by molar-refractivity contribution is -0.138. The zero-order chi connectivity index (χ0) is 20.9. The highest BCUT2D eigenvalue weighted by Crippen LogP contribution is 2.30. The highest BCUT2D eigenvalue weighted by atomic mass is 19.4. The molecule has 0 radical (unpaired) electrons. The van der Waals surface area contributed by atoms with E-state index in [-0.39, 0.29) is 24.3 Å². The number of hydrogen-bond acceptors (Lipinski definition) is 4. The van der Waals surface area contributed by atoms with Crippen molar-refractivity contribution in [1.29, 1.82) is 0 Å². The van der Waals surface area contributed by atoms with Crippen molar-refractivity contribution >= 4 is 12.0 Å². The Bertz CT molecular complexity index is 676. The average Bonchev–Trinajstić information content (AvgIpc) is 2.58. The predicted octanol–water partition coefficient (Wildman–Crippen LogP) is 3.60. The number of carbonyl (C=O) groups is 2. The highest BCUT2D eigenvalue weighted by Gasteiger charge is 2.30. The van der Waals surface area contributed by atoms with Crippen LogP contribution in [0, 0.1) is 0 Å². The summed E-state index contributed by atoms with van der Waals surface area (Å²) < 4.78 is 48.1. The first kappa shape index (κ1) is 21.8. The maximum atomic E-state index is 12.5. The average molecular weight is 402 g/mol. The highest BCUT2D eigenvalue weighted by molar-refractivity contribution is 5.78. The Balaban J connectivity index is 1.74. The zero-order valence-corrected chi connectivity index (χ0v) is 16.1. The van der Waals surface area contributed by atoms with Gasteiger partial charge in [0.05, 0.1) is 5.56 Å². The number of piperidine rings is 1. The van der Waals surface area contributed by atoms with Crippen molar-refractivity contribution in [3.8, 4) is 5.75 Å². The molecule has 0 aromatic heterocycles. The van der Waals surface area contributed by atoms with Crippen LogP contribution in [-0.4, -0.2) is 48.2 Å². The van der Waals surface area contributed by atoms with Crippen molar-refractivity contribution in [1.82, 2.24) is 10.2 Å². The van der Waals surface area contributed by atoms with Gasteiger partial charge in [-0.1, -0.05) is 0 Å². The van der Waals surface area contributed by atoms with Crippen LogP contribution in [0.2, 0.25) is 0 Å². The number of amides is 2. The van der Waals surface area contributed by atoms with Gasteiger partial charge in [-0.25, -0.2) is 4.79 Å². The lowest BCUT2D eigenvalue weighted by Gasteiger charge is -2.32. The van der Waals surface area contributed by atoms with Gasteiger partial charge in [-0.2, -0.15) is 13.2 Å². The van der Waals surface area contributed by atoms with Crippen LogP contribution in [0.1, 0.15) is 39.2 Å². The molecule has 1 aliphatic heterocycles. The lowest BCUT2D eigenvalue weighted by atomic mass is 10.1. The van der Waals surface area contributed by atoms with Gasteiger partial charge in [0.2, 0.25) is 0 Å². The molecule has 2 rings (SSSR count). The Labute approximate surface area is 162 Å². The Kier molecular flexibility index (Phi) is 6.79. The fourth-order valence-electron chi connectivity index (χ4n) is 2.72. The van der Waals surface area contributed by atoms with E-state index in [1.165, 1.54) is 12.1 Å². The number of halogens is 3. The van der Waals surface area contributed by atoms with Crippen LogP contribution in [0.15, 0.2) is 24.3 Å². The Morgan fingerprint density at radius 1 is 1.11 bits per heavy atom. The van der Waals surface area contributed by atoms with Crippen molar-refractivity contribution in [3.05, 3.63) is 29.8 Å². The molecule has 1 aromatic carbocycles. The fourth-order valence-corrected chi connectivity index (χ4v) is 2.72. The molecule has 0 spiro atoms. The van der Waals surface area contributed by atoms with Gasteiger partial charge in [-0.15, -0.1) is 0 Å². The molecule has 1 N–H and O–H groups in total. The summed E-state index contributed by atoms with van der Waals surface area (Å²) in [6, 6.07) is 4.12. The number of alkyl carbamates (subject to hydrolysis) is 1. The van der Waals surface area contributed by atoms with Crippen LogP contribution in [0.3, 0.4) is 0 Å². The molecule has 1 aromatic rings. The Morgan fingerprint density at radius 2 is 1.68 bits per heavy atom. The number of likely N-dealkylation sites (tertiary alicyclic amines) is 1. The molecular formula is C19H25F3N2O4. The van der Waals surface area contributed by atoms with E-state index < -0.39 is 23.4 Å². The third-order valence-electron chi connectivity index (χ3n) is 4.11. The molecule has 156 valence electrons. The molecule has 1 saturated heterocycles. The number of carbonyl (C=O) groups excluding carboxylic acids is 2. The van der Waals surface area contributed by atoms with Gasteiger partial charge in [0, 0.05) is 19.1 Å². The topological polar surface area (TPSA) is 67.9 Å². The molecule has 0 atom stereocenters. The summed E-state index contributed by atoms with van der Waals surface area (Å²) in [7, 11) is 0. The first-order valence-corrected chi connectivity index (χ1v) is 9.01. The summed E-state index contributed by atoms with van der Waals surface area (Å²) in [5, 5.41) is 2.79. The molecule has 0 bridgehead atoms. The van der Waals surface area contributed by atoms with Gasteiger partial charge in [0.1, 0.15) is 11.4 Å². The minimum Gasteiger partial charge on any atom is -0.484 e. The van der Waals surface area contributed by atoms with Crippen LogP contribution >= 0.6 is 0 Å². The van der Waals surface area contributed by atoms with Gasteiger partial charge in [-0.3, -0.25) is 4.79 Å². The standard InChI is InChI=1S/C19H25F3N2O4/c1-18(2,3)28-17(26)23-14-8-10-24(11-9-14)16(25)12-27-15-6-4-13(5-7-15)19(20,21)22/h4-7,14H,8-12H2,1-3H3,(H,23,26). The maximum absolute atomic E-state index is 12.5. The third-order valence-corrected chi connectivity index (χ3v) is 4.11. The first-order chi connectivity index (χ1) is 12.9. The first-order valence-electron chi connectivity index (χ1n) is 9.01. The molecule has 0 unspecified atom stereocenters. The number of nitrogens with one attached hydrogen (secondary N) is 1. The molecule has 0 saturated carbocycles. The van der Waals surface area contributed by atoms with Crippen LogP contribution in [0.25, 0.3) is 0 Å². The summed E-state index contributed by atoms with van der Waals surface area (Å²) in [6.45, 7) is 6.00. The van der Waals surface area contributed by atoms with Crippen LogP contribution < -0.4 is 10.1 Å². The molecule has 6 nitrogen and oxygen atoms in total. The van der Waals surface area contributed by atoms with E-state index in [0.29, 0.717) is 25.9 Å². The molecule has 9 heteroatoms. The van der Waals surface area contributed by atoms with E-state index in [1.807, 2.05) is 0 Å². The van der Waals surface area contributed by atoms with Crippen molar-refractivity contribution in [3.63, 3.8) is 0 Å².